The minimum atomic E-state index is -0.441. The minimum Gasteiger partial charge on any atom is -0.341 e. The predicted octanol–water partition coefficient (Wildman–Crippen LogP) is 4.94. The number of hydrogen-bond acceptors (Lipinski definition) is 5. The lowest BCUT2D eigenvalue weighted by molar-refractivity contribution is -0.384. The number of nitrogens with one attached hydrogen (secondary N) is 1. The molecule has 1 aliphatic heterocycles. The minimum absolute atomic E-state index is 0.00883. The van der Waals surface area contributed by atoms with Crippen LogP contribution in [0.25, 0.3) is 21.9 Å². The number of nitro benzene ring substituents is 1. The highest BCUT2D eigenvalue weighted by Crippen LogP contribution is 2.29. The van der Waals surface area contributed by atoms with E-state index in [0.717, 1.165) is 29.3 Å². The number of para-hydroxylation sites is 2. The van der Waals surface area contributed by atoms with Crippen molar-refractivity contribution in [3.63, 3.8) is 0 Å². The smallest absolute Gasteiger partial charge is 0.271 e. The summed E-state index contributed by atoms with van der Waals surface area (Å²) in [4.78, 5) is 42.6. The first-order valence-corrected chi connectivity index (χ1v) is 13.3. The van der Waals surface area contributed by atoms with Crippen molar-refractivity contribution in [1.82, 2.24) is 19.0 Å². The molecule has 0 spiro atoms. The van der Waals surface area contributed by atoms with Crippen molar-refractivity contribution in [2.24, 2.45) is 0 Å². The summed E-state index contributed by atoms with van der Waals surface area (Å²) < 4.78 is 3.61. The zero-order chi connectivity index (χ0) is 27.6. The number of carbonyl (C=O) groups is 2. The quantitative estimate of drug-likeness (QED) is 0.234. The zero-order valence-corrected chi connectivity index (χ0v) is 21.8. The molecule has 6 rings (SSSR count). The standard InChI is InChI=1S/C30H28N6O4/c37-29(18-34-16-13-23-7-10-25(36(39)40)17-28(23)34)32-24-8-5-21(6-9-24)22-11-14-33(15-12-22)30(38)19-35-20-31-26-3-1-2-4-27(26)35/h1-10,13,16-17,20,22H,11-12,14-15,18-19H2,(H,32,37). The summed E-state index contributed by atoms with van der Waals surface area (Å²) in [5.74, 6) is 0.240. The first-order chi connectivity index (χ1) is 19.4. The van der Waals surface area contributed by atoms with Gasteiger partial charge in [-0.3, -0.25) is 19.7 Å². The summed E-state index contributed by atoms with van der Waals surface area (Å²) in [5.41, 5.74) is 4.36. The second-order valence-corrected chi connectivity index (χ2v) is 10.1. The van der Waals surface area contributed by atoms with Crippen molar-refractivity contribution in [3.8, 4) is 0 Å². The fourth-order valence-corrected chi connectivity index (χ4v) is 5.46. The molecule has 0 saturated carbocycles. The van der Waals surface area contributed by atoms with Crippen LogP contribution in [0.4, 0.5) is 11.4 Å². The van der Waals surface area contributed by atoms with Crippen molar-refractivity contribution in [2.45, 2.75) is 31.8 Å². The molecule has 0 unspecified atom stereocenters. The maximum atomic E-state index is 12.9. The number of benzene rings is 3. The number of nitro groups is 1. The van der Waals surface area contributed by atoms with Gasteiger partial charge in [0.05, 0.1) is 27.8 Å². The summed E-state index contributed by atoms with van der Waals surface area (Å²) in [7, 11) is 0. The number of nitrogens with zero attached hydrogens (tertiary/aromatic N) is 5. The molecule has 10 heteroatoms. The van der Waals surface area contributed by atoms with Crippen molar-refractivity contribution < 1.29 is 14.5 Å². The molecule has 5 aromatic rings. The molecule has 10 nitrogen and oxygen atoms in total. The number of fused-ring (bicyclic) bond motifs is 2. The van der Waals surface area contributed by atoms with Gasteiger partial charge in [-0.2, -0.15) is 0 Å². The number of amides is 2. The average molecular weight is 537 g/mol. The Morgan fingerprint density at radius 3 is 2.48 bits per heavy atom. The Kier molecular flexibility index (Phi) is 6.73. The molecule has 1 fully saturated rings. The van der Waals surface area contributed by atoms with Crippen molar-refractivity contribution >= 4 is 45.1 Å². The van der Waals surface area contributed by atoms with E-state index in [0.29, 0.717) is 30.2 Å². The van der Waals surface area contributed by atoms with Gasteiger partial charge in [-0.25, -0.2) is 4.98 Å². The molecule has 3 aromatic carbocycles. The van der Waals surface area contributed by atoms with Crippen molar-refractivity contribution in [2.75, 3.05) is 18.4 Å². The molecular weight excluding hydrogens is 508 g/mol. The number of piperidine rings is 1. The lowest BCUT2D eigenvalue weighted by Crippen LogP contribution is -2.39. The van der Waals surface area contributed by atoms with Crippen LogP contribution in [0.1, 0.15) is 24.3 Å². The number of anilines is 1. The molecule has 0 bridgehead atoms. The van der Waals surface area contributed by atoms with Gasteiger partial charge in [0.2, 0.25) is 11.8 Å². The maximum absolute atomic E-state index is 12.9. The molecule has 202 valence electrons. The molecule has 1 saturated heterocycles. The fraction of sp³-hybridized carbons (Fsp3) is 0.233. The highest BCUT2D eigenvalue weighted by molar-refractivity contribution is 5.92. The van der Waals surface area contributed by atoms with Crippen LogP contribution in [0.2, 0.25) is 0 Å². The molecule has 2 amide bonds. The van der Waals surface area contributed by atoms with Gasteiger partial charge in [-0.05, 0) is 60.7 Å². The van der Waals surface area contributed by atoms with Gasteiger partial charge in [0, 0.05) is 42.5 Å². The van der Waals surface area contributed by atoms with Gasteiger partial charge in [0.25, 0.3) is 5.69 Å². The second kappa shape index (κ2) is 10.6. The van der Waals surface area contributed by atoms with Crippen LogP contribution in [-0.2, 0) is 22.7 Å². The number of rotatable bonds is 7. The third-order valence-corrected chi connectivity index (χ3v) is 7.63. The van der Waals surface area contributed by atoms with Gasteiger partial charge in [-0.15, -0.1) is 0 Å². The van der Waals surface area contributed by atoms with Crippen LogP contribution < -0.4 is 5.32 Å². The topological polar surface area (TPSA) is 115 Å². The second-order valence-electron chi connectivity index (χ2n) is 10.1. The van der Waals surface area contributed by atoms with Crippen molar-refractivity contribution in [1.29, 1.82) is 0 Å². The Morgan fingerprint density at radius 2 is 1.70 bits per heavy atom. The highest BCUT2D eigenvalue weighted by atomic mass is 16.6. The van der Waals surface area contributed by atoms with E-state index in [1.165, 1.54) is 17.7 Å². The number of non-ortho nitro benzene ring substituents is 1. The van der Waals surface area contributed by atoms with Gasteiger partial charge < -0.3 is 19.4 Å². The largest absolute Gasteiger partial charge is 0.341 e. The van der Waals surface area contributed by atoms with Crippen LogP contribution in [0.15, 0.2) is 85.3 Å². The Morgan fingerprint density at radius 1 is 0.925 bits per heavy atom. The average Bonchev–Trinajstić information content (AvgIpc) is 3.57. The highest BCUT2D eigenvalue weighted by Gasteiger charge is 2.24. The molecular formula is C30H28N6O4. The monoisotopic (exact) mass is 536 g/mol. The molecule has 1 aliphatic rings. The van der Waals surface area contributed by atoms with Gasteiger partial charge in [-0.1, -0.05) is 24.3 Å². The van der Waals surface area contributed by atoms with Crippen molar-refractivity contribution in [3.05, 3.63) is 101 Å². The van der Waals surface area contributed by atoms with E-state index >= 15 is 0 Å². The van der Waals surface area contributed by atoms with E-state index in [4.69, 9.17) is 0 Å². The molecule has 40 heavy (non-hydrogen) atoms. The molecule has 2 aromatic heterocycles. The maximum Gasteiger partial charge on any atom is 0.271 e. The summed E-state index contributed by atoms with van der Waals surface area (Å²) in [6, 6.07) is 22.1. The van der Waals surface area contributed by atoms with E-state index in [1.54, 1.807) is 23.2 Å². The number of carbonyl (C=O) groups excluding carboxylic acids is 2. The summed E-state index contributed by atoms with van der Waals surface area (Å²) in [6.07, 6.45) is 5.25. The van der Waals surface area contributed by atoms with Crippen LogP contribution in [0.3, 0.4) is 0 Å². The predicted molar refractivity (Wildman–Crippen MR) is 152 cm³/mol. The number of hydrogen-bond donors (Lipinski definition) is 1. The van der Waals surface area contributed by atoms with E-state index in [-0.39, 0.29) is 30.6 Å². The van der Waals surface area contributed by atoms with Crippen LogP contribution >= 0.6 is 0 Å². The van der Waals surface area contributed by atoms with E-state index < -0.39 is 4.92 Å². The number of imidazole rings is 1. The van der Waals surface area contributed by atoms with Crippen LogP contribution in [-0.4, -0.2) is 48.8 Å². The Hall–Kier alpha value is -4.99. The summed E-state index contributed by atoms with van der Waals surface area (Å²) in [6.45, 7) is 1.75. The Labute approximate surface area is 230 Å². The lowest BCUT2D eigenvalue weighted by atomic mass is 9.89. The molecule has 0 radical (unpaired) electrons. The number of likely N-dealkylation sites (tertiary alicyclic amines) is 1. The van der Waals surface area contributed by atoms with E-state index in [2.05, 4.69) is 10.3 Å². The van der Waals surface area contributed by atoms with Gasteiger partial charge in [0.1, 0.15) is 13.1 Å². The van der Waals surface area contributed by atoms with E-state index in [9.17, 15) is 19.7 Å². The lowest BCUT2D eigenvalue weighted by Gasteiger charge is -2.32. The van der Waals surface area contributed by atoms with Crippen LogP contribution in [0, 0.1) is 10.1 Å². The van der Waals surface area contributed by atoms with Crippen LogP contribution in [0.5, 0.6) is 0 Å². The normalized spacial score (nSPS) is 14.1. The molecule has 0 atom stereocenters. The van der Waals surface area contributed by atoms with E-state index in [1.807, 2.05) is 64.1 Å². The number of aromatic nitrogens is 3. The SMILES string of the molecule is O=C(Cn1ccc2ccc([N+](=O)[O-])cc21)Nc1ccc(C2CCN(C(=O)Cn3cnc4ccccc43)CC2)cc1. The molecule has 1 N–H and O–H groups in total. The summed E-state index contributed by atoms with van der Waals surface area (Å²) >= 11 is 0. The first kappa shape index (κ1) is 25.3. The zero-order valence-electron chi connectivity index (χ0n) is 21.8. The summed E-state index contributed by atoms with van der Waals surface area (Å²) in [5, 5.41) is 14.9. The molecule has 0 aliphatic carbocycles. The third kappa shape index (κ3) is 5.15. The molecule has 3 heterocycles. The fourth-order valence-electron chi connectivity index (χ4n) is 5.46. The Balaban J connectivity index is 1.02. The van der Waals surface area contributed by atoms with Gasteiger partial charge in [0.15, 0.2) is 0 Å². The van der Waals surface area contributed by atoms with Gasteiger partial charge >= 0.3 is 0 Å². The third-order valence-electron chi connectivity index (χ3n) is 7.63. The first-order valence-electron chi connectivity index (χ1n) is 13.3. The Bertz CT molecular complexity index is 1710.